The molecule has 0 saturated heterocycles. The molecule has 2 aromatic carbocycles. The van der Waals surface area contributed by atoms with E-state index in [1.54, 1.807) is 48.5 Å². The highest BCUT2D eigenvalue weighted by Gasteiger charge is 2.18. The Kier molecular flexibility index (Phi) is 4.86. The first-order valence-corrected chi connectivity index (χ1v) is 7.81. The van der Waals surface area contributed by atoms with Crippen LogP contribution < -0.4 is 15.6 Å². The standard InChI is InChI=1S/C19H14N4O4/c1-27-16-5-3-2-4-14(16)23-17(25)10-15(24)18(22-23)19(26)21-13-8-6-12(11-20)7-9-13/h2-10,24H,1H3,(H,21,26). The Labute approximate surface area is 153 Å². The summed E-state index contributed by atoms with van der Waals surface area (Å²) in [6.45, 7) is 0. The normalized spacial score (nSPS) is 10.1. The minimum atomic E-state index is -0.708. The predicted molar refractivity (Wildman–Crippen MR) is 97.2 cm³/mol. The zero-order valence-electron chi connectivity index (χ0n) is 14.2. The van der Waals surface area contributed by atoms with Crippen LogP contribution in [0.5, 0.6) is 11.5 Å². The van der Waals surface area contributed by atoms with Crippen molar-refractivity contribution < 1.29 is 14.6 Å². The van der Waals surface area contributed by atoms with Gasteiger partial charge in [0, 0.05) is 11.8 Å². The Balaban J connectivity index is 1.99. The Morgan fingerprint density at radius 2 is 1.93 bits per heavy atom. The van der Waals surface area contributed by atoms with Gasteiger partial charge in [-0.05, 0) is 36.4 Å². The molecule has 1 heterocycles. The van der Waals surface area contributed by atoms with Crippen LogP contribution in [0.4, 0.5) is 5.69 Å². The number of amides is 1. The van der Waals surface area contributed by atoms with Crippen molar-refractivity contribution in [1.29, 1.82) is 5.26 Å². The quantitative estimate of drug-likeness (QED) is 0.734. The molecule has 0 radical (unpaired) electrons. The number of methoxy groups -OCH3 is 1. The maximum atomic E-state index is 12.5. The van der Waals surface area contributed by atoms with Crippen molar-refractivity contribution in [2.24, 2.45) is 0 Å². The van der Waals surface area contributed by atoms with Crippen LogP contribution in [0.15, 0.2) is 59.4 Å². The number of aromatic nitrogens is 2. The number of rotatable bonds is 4. The fourth-order valence-electron chi connectivity index (χ4n) is 2.40. The van der Waals surface area contributed by atoms with Gasteiger partial charge in [-0.15, -0.1) is 0 Å². The van der Waals surface area contributed by atoms with Gasteiger partial charge >= 0.3 is 0 Å². The van der Waals surface area contributed by atoms with Gasteiger partial charge in [0.2, 0.25) is 0 Å². The minimum Gasteiger partial charge on any atom is -0.505 e. The van der Waals surface area contributed by atoms with Crippen LogP contribution in [0.1, 0.15) is 16.1 Å². The van der Waals surface area contributed by atoms with E-state index in [0.29, 0.717) is 22.7 Å². The molecule has 1 amide bonds. The molecule has 2 N–H and O–H groups in total. The van der Waals surface area contributed by atoms with Crippen LogP contribution in [0.3, 0.4) is 0 Å². The van der Waals surface area contributed by atoms with Crippen molar-refractivity contribution >= 4 is 11.6 Å². The molecule has 0 atom stereocenters. The van der Waals surface area contributed by atoms with Gasteiger partial charge in [0.1, 0.15) is 11.4 Å². The third-order valence-corrected chi connectivity index (χ3v) is 3.71. The van der Waals surface area contributed by atoms with Crippen LogP contribution in [0, 0.1) is 11.3 Å². The van der Waals surface area contributed by atoms with Gasteiger partial charge < -0.3 is 15.2 Å². The number of nitrogens with zero attached hydrogens (tertiary/aromatic N) is 3. The summed E-state index contributed by atoms with van der Waals surface area (Å²) in [4.78, 5) is 24.7. The Morgan fingerprint density at radius 3 is 2.59 bits per heavy atom. The number of benzene rings is 2. The van der Waals surface area contributed by atoms with Gasteiger partial charge in [0.05, 0.1) is 18.7 Å². The van der Waals surface area contributed by atoms with Gasteiger partial charge in [0.25, 0.3) is 11.5 Å². The van der Waals surface area contributed by atoms with Crippen LogP contribution in [0.2, 0.25) is 0 Å². The largest absolute Gasteiger partial charge is 0.505 e. The lowest BCUT2D eigenvalue weighted by Gasteiger charge is -2.12. The molecule has 1 aromatic heterocycles. The zero-order valence-corrected chi connectivity index (χ0v) is 14.2. The summed E-state index contributed by atoms with van der Waals surface area (Å²) in [6.07, 6.45) is 0. The number of nitriles is 1. The number of carbonyl (C=O) groups is 1. The molecule has 8 nitrogen and oxygen atoms in total. The van der Waals surface area contributed by atoms with Gasteiger partial charge in [-0.1, -0.05) is 12.1 Å². The first kappa shape index (κ1) is 17.7. The maximum Gasteiger partial charge on any atom is 0.279 e. The van der Waals surface area contributed by atoms with E-state index in [2.05, 4.69) is 10.4 Å². The number of para-hydroxylation sites is 2. The van der Waals surface area contributed by atoms with E-state index in [-0.39, 0.29) is 5.69 Å². The number of ether oxygens (including phenoxy) is 1. The summed E-state index contributed by atoms with van der Waals surface area (Å²) < 4.78 is 6.19. The SMILES string of the molecule is COc1ccccc1-n1nc(C(=O)Nc2ccc(C#N)cc2)c(O)cc1=O. The Bertz CT molecular complexity index is 1100. The molecule has 8 heteroatoms. The summed E-state index contributed by atoms with van der Waals surface area (Å²) in [5, 5.41) is 25.4. The molecule has 0 aliphatic heterocycles. The second-order valence-corrected chi connectivity index (χ2v) is 5.44. The molecule has 0 unspecified atom stereocenters. The van der Waals surface area contributed by atoms with Crippen molar-refractivity contribution in [1.82, 2.24) is 9.78 Å². The van der Waals surface area contributed by atoms with Crippen molar-refractivity contribution in [3.8, 4) is 23.3 Å². The molecule has 27 heavy (non-hydrogen) atoms. The van der Waals surface area contributed by atoms with Gasteiger partial charge in [-0.3, -0.25) is 9.59 Å². The van der Waals surface area contributed by atoms with Crippen molar-refractivity contribution in [2.45, 2.75) is 0 Å². The van der Waals surface area contributed by atoms with E-state index >= 15 is 0 Å². The van der Waals surface area contributed by atoms with E-state index in [4.69, 9.17) is 10.00 Å². The topological polar surface area (TPSA) is 117 Å². The molecule has 0 fully saturated rings. The summed E-state index contributed by atoms with van der Waals surface area (Å²) in [5.41, 5.74) is 0.239. The van der Waals surface area contributed by atoms with E-state index in [9.17, 15) is 14.7 Å². The molecule has 3 aromatic rings. The van der Waals surface area contributed by atoms with Gasteiger partial charge in [-0.25, -0.2) is 0 Å². The highest BCUT2D eigenvalue weighted by molar-refractivity contribution is 6.04. The monoisotopic (exact) mass is 362 g/mol. The number of hydrogen-bond acceptors (Lipinski definition) is 6. The predicted octanol–water partition coefficient (Wildman–Crippen LogP) is 2.07. The molecule has 0 bridgehead atoms. The molecule has 3 rings (SSSR count). The van der Waals surface area contributed by atoms with Crippen LogP contribution >= 0.6 is 0 Å². The number of anilines is 1. The lowest BCUT2D eigenvalue weighted by molar-refractivity contribution is 0.101. The fraction of sp³-hybridized carbons (Fsp3) is 0.0526. The average molecular weight is 362 g/mol. The van der Waals surface area contributed by atoms with Crippen molar-refractivity contribution in [3.05, 3.63) is 76.2 Å². The molecule has 0 aliphatic rings. The zero-order chi connectivity index (χ0) is 19.4. The fourth-order valence-corrected chi connectivity index (χ4v) is 2.40. The molecular formula is C19H14N4O4. The highest BCUT2D eigenvalue weighted by Crippen LogP contribution is 2.21. The van der Waals surface area contributed by atoms with Crippen LogP contribution in [0.25, 0.3) is 5.69 Å². The molecule has 0 aliphatic carbocycles. The number of carbonyl (C=O) groups excluding carboxylic acids is 1. The molecular weight excluding hydrogens is 348 g/mol. The Morgan fingerprint density at radius 1 is 1.22 bits per heavy atom. The molecule has 0 spiro atoms. The second kappa shape index (κ2) is 7.41. The van der Waals surface area contributed by atoms with Gasteiger partial charge in [-0.2, -0.15) is 15.0 Å². The first-order valence-electron chi connectivity index (χ1n) is 7.81. The lowest BCUT2D eigenvalue weighted by atomic mass is 10.2. The lowest BCUT2D eigenvalue weighted by Crippen LogP contribution is -2.25. The first-order chi connectivity index (χ1) is 13.0. The maximum absolute atomic E-state index is 12.5. The number of aromatic hydroxyl groups is 1. The summed E-state index contributed by atoms with van der Waals surface area (Å²) in [6, 6.07) is 15.7. The molecule has 134 valence electrons. The van der Waals surface area contributed by atoms with Crippen molar-refractivity contribution in [3.63, 3.8) is 0 Å². The number of hydrogen-bond donors (Lipinski definition) is 2. The second-order valence-electron chi connectivity index (χ2n) is 5.44. The van der Waals surface area contributed by atoms with Crippen LogP contribution in [-0.2, 0) is 0 Å². The summed E-state index contributed by atoms with van der Waals surface area (Å²) in [5.74, 6) is -0.866. The van der Waals surface area contributed by atoms with E-state index < -0.39 is 17.2 Å². The average Bonchev–Trinajstić information content (AvgIpc) is 2.68. The minimum absolute atomic E-state index is 0.329. The number of nitrogens with one attached hydrogen (secondary N) is 1. The van der Waals surface area contributed by atoms with E-state index in [0.717, 1.165) is 10.7 Å². The third-order valence-electron chi connectivity index (χ3n) is 3.71. The Hall–Kier alpha value is -4.12. The van der Waals surface area contributed by atoms with Crippen molar-refractivity contribution in [2.75, 3.05) is 12.4 Å². The molecule has 0 saturated carbocycles. The summed E-state index contributed by atoms with van der Waals surface area (Å²) >= 11 is 0. The smallest absolute Gasteiger partial charge is 0.279 e. The van der Waals surface area contributed by atoms with E-state index in [1.807, 2.05) is 6.07 Å². The van der Waals surface area contributed by atoms with Gasteiger partial charge in [0.15, 0.2) is 11.4 Å². The third kappa shape index (κ3) is 3.62. The van der Waals surface area contributed by atoms with E-state index in [1.165, 1.54) is 7.11 Å². The highest BCUT2D eigenvalue weighted by atomic mass is 16.5. The summed E-state index contributed by atoms with van der Waals surface area (Å²) in [7, 11) is 1.45. The van der Waals surface area contributed by atoms with Crippen LogP contribution in [-0.4, -0.2) is 27.9 Å².